The summed E-state index contributed by atoms with van der Waals surface area (Å²) in [7, 11) is 2.05. The lowest BCUT2D eigenvalue weighted by atomic mass is 9.97. The molecule has 1 rings (SSSR count). The third-order valence-electron chi connectivity index (χ3n) is 3.47. The van der Waals surface area contributed by atoms with Crippen molar-refractivity contribution in [3.8, 4) is 0 Å². The predicted octanol–water partition coefficient (Wildman–Crippen LogP) is 3.87. The second kappa shape index (κ2) is 7.29. The van der Waals surface area contributed by atoms with E-state index in [4.69, 9.17) is 0 Å². The number of benzene rings is 1. The Morgan fingerprint density at radius 3 is 2.65 bits per heavy atom. The molecular formula is C16H25N. The summed E-state index contributed by atoms with van der Waals surface area (Å²) in [4.78, 5) is 0. The molecule has 1 aromatic carbocycles. The van der Waals surface area contributed by atoms with Crippen LogP contribution in [0.5, 0.6) is 0 Å². The molecule has 1 unspecified atom stereocenters. The molecule has 0 amide bonds. The second-order valence-electron chi connectivity index (χ2n) is 4.76. The Morgan fingerprint density at radius 1 is 1.35 bits per heavy atom. The van der Waals surface area contributed by atoms with E-state index in [9.17, 15) is 0 Å². The summed E-state index contributed by atoms with van der Waals surface area (Å²) >= 11 is 0. The van der Waals surface area contributed by atoms with E-state index in [1.54, 1.807) is 0 Å². The highest BCUT2D eigenvalue weighted by atomic mass is 14.9. The molecule has 1 nitrogen and oxygen atoms in total. The molecule has 0 fully saturated rings. The van der Waals surface area contributed by atoms with E-state index < -0.39 is 0 Å². The van der Waals surface area contributed by atoms with E-state index in [0.717, 1.165) is 19.3 Å². The van der Waals surface area contributed by atoms with Crippen molar-refractivity contribution < 1.29 is 0 Å². The molecular weight excluding hydrogens is 206 g/mol. The number of rotatable bonds is 7. The Balaban J connectivity index is 2.48. The van der Waals surface area contributed by atoms with Crippen LogP contribution in [0.1, 0.15) is 37.3 Å². The molecule has 0 aliphatic carbocycles. The van der Waals surface area contributed by atoms with Gasteiger partial charge in [-0.05, 0) is 50.8 Å². The van der Waals surface area contributed by atoms with Crippen LogP contribution in [0.2, 0.25) is 0 Å². The standard InChI is InChI=1S/C16H25N/c1-5-13(2)12-16(17-4)11-10-15-9-7-6-8-14(15)3/h6-9,16-17H,2,5,10-12H2,1,3-4H3. The van der Waals surface area contributed by atoms with Gasteiger partial charge in [0.2, 0.25) is 0 Å². The molecule has 0 aliphatic heterocycles. The van der Waals surface area contributed by atoms with Crippen molar-refractivity contribution in [3.63, 3.8) is 0 Å². The predicted molar refractivity (Wildman–Crippen MR) is 76.4 cm³/mol. The third-order valence-corrected chi connectivity index (χ3v) is 3.47. The van der Waals surface area contributed by atoms with Crippen LogP contribution in [0.25, 0.3) is 0 Å². The van der Waals surface area contributed by atoms with Crippen LogP contribution >= 0.6 is 0 Å². The Kier molecular flexibility index (Phi) is 5.99. The van der Waals surface area contributed by atoms with Crippen molar-refractivity contribution >= 4 is 0 Å². The zero-order valence-electron chi connectivity index (χ0n) is 11.4. The van der Waals surface area contributed by atoms with E-state index in [1.165, 1.54) is 23.1 Å². The lowest BCUT2D eigenvalue weighted by Gasteiger charge is -2.17. The molecule has 0 bridgehead atoms. The summed E-state index contributed by atoms with van der Waals surface area (Å²) in [6.07, 6.45) is 4.51. The minimum absolute atomic E-state index is 0.557. The molecule has 0 saturated carbocycles. The van der Waals surface area contributed by atoms with Crippen molar-refractivity contribution in [3.05, 3.63) is 47.5 Å². The SMILES string of the molecule is C=C(CC)CC(CCc1ccccc1C)NC. The Morgan fingerprint density at radius 2 is 2.06 bits per heavy atom. The third kappa shape index (κ3) is 4.74. The number of aryl methyl sites for hydroxylation is 2. The summed E-state index contributed by atoms with van der Waals surface area (Å²) in [5.74, 6) is 0. The zero-order valence-corrected chi connectivity index (χ0v) is 11.4. The van der Waals surface area contributed by atoms with Crippen molar-refractivity contribution in [2.24, 2.45) is 0 Å². The fraction of sp³-hybridized carbons (Fsp3) is 0.500. The monoisotopic (exact) mass is 231 g/mol. The molecule has 0 spiro atoms. The summed E-state index contributed by atoms with van der Waals surface area (Å²) in [6.45, 7) is 8.46. The lowest BCUT2D eigenvalue weighted by molar-refractivity contribution is 0.514. The Hall–Kier alpha value is -1.08. The first-order valence-electron chi connectivity index (χ1n) is 6.55. The van der Waals surface area contributed by atoms with Gasteiger partial charge in [-0.25, -0.2) is 0 Å². The highest BCUT2D eigenvalue weighted by Gasteiger charge is 2.08. The van der Waals surface area contributed by atoms with Gasteiger partial charge in [0, 0.05) is 6.04 Å². The molecule has 1 atom stereocenters. The average molecular weight is 231 g/mol. The summed E-state index contributed by atoms with van der Waals surface area (Å²) in [5.41, 5.74) is 4.21. The van der Waals surface area contributed by atoms with Crippen molar-refractivity contribution in [1.82, 2.24) is 5.32 Å². The van der Waals surface area contributed by atoms with E-state index in [0.29, 0.717) is 6.04 Å². The Labute approximate surface area is 106 Å². The van der Waals surface area contributed by atoms with Crippen LogP contribution in [0.15, 0.2) is 36.4 Å². The zero-order chi connectivity index (χ0) is 12.7. The van der Waals surface area contributed by atoms with Gasteiger partial charge >= 0.3 is 0 Å². The Bertz CT molecular complexity index is 354. The summed E-state index contributed by atoms with van der Waals surface area (Å²) in [6, 6.07) is 9.21. The van der Waals surface area contributed by atoms with Gasteiger partial charge in [-0.3, -0.25) is 0 Å². The maximum Gasteiger partial charge on any atom is 0.0104 e. The van der Waals surface area contributed by atoms with E-state index >= 15 is 0 Å². The van der Waals surface area contributed by atoms with Gasteiger partial charge in [0.25, 0.3) is 0 Å². The van der Waals surface area contributed by atoms with Crippen LogP contribution in [-0.2, 0) is 6.42 Å². The second-order valence-corrected chi connectivity index (χ2v) is 4.76. The van der Waals surface area contributed by atoms with Crippen LogP contribution in [0.4, 0.5) is 0 Å². The van der Waals surface area contributed by atoms with Gasteiger partial charge in [-0.2, -0.15) is 0 Å². The highest BCUT2D eigenvalue weighted by molar-refractivity contribution is 5.25. The van der Waals surface area contributed by atoms with Crippen LogP contribution in [-0.4, -0.2) is 13.1 Å². The fourth-order valence-electron chi connectivity index (χ4n) is 2.06. The minimum atomic E-state index is 0.557. The molecule has 0 aromatic heterocycles. The molecule has 1 heteroatoms. The first-order chi connectivity index (χ1) is 8.17. The first-order valence-corrected chi connectivity index (χ1v) is 6.55. The minimum Gasteiger partial charge on any atom is -0.317 e. The lowest BCUT2D eigenvalue weighted by Crippen LogP contribution is -2.26. The fourth-order valence-corrected chi connectivity index (χ4v) is 2.06. The molecule has 1 N–H and O–H groups in total. The molecule has 0 radical (unpaired) electrons. The smallest absolute Gasteiger partial charge is 0.0104 e. The average Bonchev–Trinajstić information content (AvgIpc) is 2.35. The van der Waals surface area contributed by atoms with Gasteiger partial charge < -0.3 is 5.32 Å². The van der Waals surface area contributed by atoms with Crippen molar-refractivity contribution in [2.75, 3.05) is 7.05 Å². The van der Waals surface area contributed by atoms with Crippen LogP contribution in [0.3, 0.4) is 0 Å². The van der Waals surface area contributed by atoms with E-state index in [1.807, 2.05) is 7.05 Å². The van der Waals surface area contributed by atoms with Gasteiger partial charge in [-0.15, -0.1) is 0 Å². The molecule has 0 heterocycles. The number of hydrogen-bond donors (Lipinski definition) is 1. The normalized spacial score (nSPS) is 12.4. The first kappa shape index (κ1) is 14.0. The molecule has 1 aromatic rings. The van der Waals surface area contributed by atoms with Crippen LogP contribution < -0.4 is 5.32 Å². The molecule has 94 valence electrons. The number of hydrogen-bond acceptors (Lipinski definition) is 1. The van der Waals surface area contributed by atoms with Gasteiger partial charge in [0.1, 0.15) is 0 Å². The summed E-state index contributed by atoms with van der Waals surface area (Å²) < 4.78 is 0. The highest BCUT2D eigenvalue weighted by Crippen LogP contribution is 2.15. The van der Waals surface area contributed by atoms with Crippen molar-refractivity contribution in [1.29, 1.82) is 0 Å². The molecule has 0 aliphatic rings. The van der Waals surface area contributed by atoms with Crippen LogP contribution in [0, 0.1) is 6.92 Å². The van der Waals surface area contributed by atoms with Crippen molar-refractivity contribution in [2.45, 2.75) is 45.6 Å². The van der Waals surface area contributed by atoms with E-state index in [-0.39, 0.29) is 0 Å². The maximum absolute atomic E-state index is 4.09. The maximum atomic E-state index is 4.09. The van der Waals surface area contributed by atoms with Gasteiger partial charge in [0.05, 0.1) is 0 Å². The quantitative estimate of drug-likeness (QED) is 0.702. The van der Waals surface area contributed by atoms with Gasteiger partial charge in [-0.1, -0.05) is 43.3 Å². The molecule has 0 saturated heterocycles. The largest absolute Gasteiger partial charge is 0.317 e. The number of nitrogens with one attached hydrogen (secondary N) is 1. The topological polar surface area (TPSA) is 12.0 Å². The van der Waals surface area contributed by atoms with Gasteiger partial charge in [0.15, 0.2) is 0 Å². The van der Waals surface area contributed by atoms with E-state index in [2.05, 4.69) is 50.0 Å². The molecule has 17 heavy (non-hydrogen) atoms. The summed E-state index contributed by atoms with van der Waals surface area (Å²) in [5, 5.41) is 3.40.